The fourth-order valence-electron chi connectivity index (χ4n) is 1.65. The van der Waals surface area contributed by atoms with Gasteiger partial charge in [-0.1, -0.05) is 6.07 Å². The maximum atomic E-state index is 11.1. The number of pyridine rings is 2. The molecule has 0 atom stereocenters. The van der Waals surface area contributed by atoms with Crippen LogP contribution in [0.3, 0.4) is 0 Å². The fourth-order valence-corrected chi connectivity index (χ4v) is 1.65. The lowest BCUT2D eigenvalue weighted by molar-refractivity contribution is 0.0697. The molecule has 2 rings (SSSR count). The normalized spacial score (nSPS) is 10.2. The molecule has 0 spiro atoms. The third kappa shape index (κ3) is 3.28. The number of anilines is 1. The molecule has 0 radical (unpaired) electrons. The molecule has 0 saturated carbocycles. The van der Waals surface area contributed by atoms with E-state index in [-0.39, 0.29) is 5.56 Å². The quantitative estimate of drug-likeness (QED) is 0.879. The van der Waals surface area contributed by atoms with Crippen molar-refractivity contribution in [1.82, 2.24) is 9.97 Å². The summed E-state index contributed by atoms with van der Waals surface area (Å²) in [5, 5.41) is 12.1. The number of rotatable bonds is 4. The second kappa shape index (κ2) is 5.48. The molecule has 98 valence electrons. The summed E-state index contributed by atoms with van der Waals surface area (Å²) in [6.45, 7) is 4.23. The van der Waals surface area contributed by atoms with Gasteiger partial charge in [0.1, 0.15) is 11.4 Å². The standard InChI is InChI=1S/C14H15N3O2/c1-9-3-5-11(7-15-9)8-16-13-12(14(18)19)6-4-10(2)17-13/h3-7H,8H2,1-2H3,(H,16,17)(H,18,19). The third-order valence-corrected chi connectivity index (χ3v) is 2.70. The highest BCUT2D eigenvalue weighted by molar-refractivity contribution is 5.93. The van der Waals surface area contributed by atoms with Crippen LogP contribution in [0, 0.1) is 13.8 Å². The van der Waals surface area contributed by atoms with Gasteiger partial charge in [-0.15, -0.1) is 0 Å². The van der Waals surface area contributed by atoms with E-state index in [1.807, 2.05) is 26.0 Å². The smallest absolute Gasteiger partial charge is 0.339 e. The lowest BCUT2D eigenvalue weighted by atomic mass is 10.2. The van der Waals surface area contributed by atoms with Gasteiger partial charge in [0.25, 0.3) is 0 Å². The molecule has 0 aromatic carbocycles. The number of carboxylic acids is 1. The first kappa shape index (κ1) is 13.0. The van der Waals surface area contributed by atoms with Crippen molar-refractivity contribution in [3.05, 3.63) is 53.0 Å². The van der Waals surface area contributed by atoms with Crippen LogP contribution in [0.4, 0.5) is 5.82 Å². The van der Waals surface area contributed by atoms with Crippen LogP contribution >= 0.6 is 0 Å². The molecule has 0 aliphatic rings. The van der Waals surface area contributed by atoms with Crippen molar-refractivity contribution in [3.8, 4) is 0 Å². The summed E-state index contributed by atoms with van der Waals surface area (Å²) in [6.07, 6.45) is 1.76. The minimum atomic E-state index is -0.989. The van der Waals surface area contributed by atoms with E-state index in [4.69, 9.17) is 5.11 Å². The van der Waals surface area contributed by atoms with Crippen LogP contribution in [0.1, 0.15) is 27.3 Å². The summed E-state index contributed by atoms with van der Waals surface area (Å²) in [7, 11) is 0. The van der Waals surface area contributed by atoms with Crippen LogP contribution in [-0.2, 0) is 6.54 Å². The minimum Gasteiger partial charge on any atom is -0.478 e. The van der Waals surface area contributed by atoms with Gasteiger partial charge >= 0.3 is 5.97 Å². The largest absolute Gasteiger partial charge is 0.478 e. The number of carbonyl (C=O) groups is 1. The van der Waals surface area contributed by atoms with Gasteiger partial charge in [0.05, 0.1) is 0 Å². The number of nitrogens with one attached hydrogen (secondary N) is 1. The molecule has 0 bridgehead atoms. The van der Waals surface area contributed by atoms with Crippen LogP contribution in [0.25, 0.3) is 0 Å². The zero-order chi connectivity index (χ0) is 13.8. The Morgan fingerprint density at radius 1 is 1.21 bits per heavy atom. The van der Waals surface area contributed by atoms with Gasteiger partial charge in [-0.05, 0) is 37.6 Å². The zero-order valence-electron chi connectivity index (χ0n) is 10.8. The minimum absolute atomic E-state index is 0.172. The number of aromatic carboxylic acids is 1. The van der Waals surface area contributed by atoms with E-state index in [0.29, 0.717) is 12.4 Å². The predicted octanol–water partition coefficient (Wildman–Crippen LogP) is 2.40. The van der Waals surface area contributed by atoms with Crippen LogP contribution in [0.15, 0.2) is 30.5 Å². The molecule has 2 N–H and O–H groups in total. The Balaban J connectivity index is 2.16. The molecule has 19 heavy (non-hydrogen) atoms. The molecule has 5 heteroatoms. The average molecular weight is 257 g/mol. The van der Waals surface area contributed by atoms with Gasteiger partial charge in [-0.3, -0.25) is 4.98 Å². The topological polar surface area (TPSA) is 75.1 Å². The van der Waals surface area contributed by atoms with Crippen LogP contribution in [0.2, 0.25) is 0 Å². The van der Waals surface area contributed by atoms with Crippen molar-refractivity contribution in [2.45, 2.75) is 20.4 Å². The highest BCUT2D eigenvalue weighted by atomic mass is 16.4. The van der Waals surface area contributed by atoms with Gasteiger partial charge in [-0.25, -0.2) is 9.78 Å². The molecule has 5 nitrogen and oxygen atoms in total. The lowest BCUT2D eigenvalue weighted by Gasteiger charge is -2.09. The highest BCUT2D eigenvalue weighted by Gasteiger charge is 2.11. The van der Waals surface area contributed by atoms with Crippen LogP contribution < -0.4 is 5.32 Å². The van der Waals surface area contributed by atoms with Crippen molar-refractivity contribution in [2.75, 3.05) is 5.32 Å². The SMILES string of the molecule is Cc1ccc(CNc2nc(C)ccc2C(=O)O)cn1. The first-order valence-corrected chi connectivity index (χ1v) is 5.92. The Labute approximate surface area is 111 Å². The van der Waals surface area contributed by atoms with Gasteiger partial charge in [0.2, 0.25) is 0 Å². The Morgan fingerprint density at radius 3 is 2.58 bits per heavy atom. The van der Waals surface area contributed by atoms with E-state index in [1.54, 1.807) is 18.3 Å². The molecular weight excluding hydrogens is 242 g/mol. The van der Waals surface area contributed by atoms with Crippen LogP contribution in [0.5, 0.6) is 0 Å². The fraction of sp³-hybridized carbons (Fsp3) is 0.214. The number of aromatic nitrogens is 2. The average Bonchev–Trinajstić information content (AvgIpc) is 2.38. The molecule has 0 aliphatic heterocycles. The number of carboxylic acid groups (broad SMARTS) is 1. The molecule has 2 heterocycles. The Morgan fingerprint density at radius 2 is 1.95 bits per heavy atom. The lowest BCUT2D eigenvalue weighted by Crippen LogP contribution is -2.09. The van der Waals surface area contributed by atoms with Crippen molar-refractivity contribution in [2.24, 2.45) is 0 Å². The maximum Gasteiger partial charge on any atom is 0.339 e. The molecule has 2 aromatic rings. The van der Waals surface area contributed by atoms with Crippen molar-refractivity contribution >= 4 is 11.8 Å². The first-order valence-electron chi connectivity index (χ1n) is 5.92. The monoisotopic (exact) mass is 257 g/mol. The predicted molar refractivity (Wildman–Crippen MR) is 72.2 cm³/mol. The third-order valence-electron chi connectivity index (χ3n) is 2.70. The van der Waals surface area contributed by atoms with E-state index < -0.39 is 5.97 Å². The van der Waals surface area contributed by atoms with Crippen molar-refractivity contribution < 1.29 is 9.90 Å². The summed E-state index contributed by atoms with van der Waals surface area (Å²) >= 11 is 0. The molecule has 0 amide bonds. The van der Waals surface area contributed by atoms with Gasteiger partial charge in [0, 0.05) is 24.1 Å². The molecule has 0 fully saturated rings. The summed E-state index contributed by atoms with van der Waals surface area (Å²) in [5.41, 5.74) is 2.87. The van der Waals surface area contributed by atoms with Gasteiger partial charge < -0.3 is 10.4 Å². The van der Waals surface area contributed by atoms with Crippen molar-refractivity contribution in [1.29, 1.82) is 0 Å². The van der Waals surface area contributed by atoms with E-state index in [9.17, 15) is 4.79 Å². The zero-order valence-corrected chi connectivity index (χ0v) is 10.8. The summed E-state index contributed by atoms with van der Waals surface area (Å²) in [5.74, 6) is -0.606. The molecule has 2 aromatic heterocycles. The second-order valence-corrected chi connectivity index (χ2v) is 4.32. The number of nitrogens with zero attached hydrogens (tertiary/aromatic N) is 2. The summed E-state index contributed by atoms with van der Waals surface area (Å²) in [4.78, 5) is 19.5. The molecular formula is C14H15N3O2. The molecule has 0 aliphatic carbocycles. The van der Waals surface area contributed by atoms with Crippen LogP contribution in [-0.4, -0.2) is 21.0 Å². The van der Waals surface area contributed by atoms with E-state index in [0.717, 1.165) is 17.0 Å². The van der Waals surface area contributed by atoms with E-state index in [1.165, 1.54) is 0 Å². The number of hydrogen-bond acceptors (Lipinski definition) is 4. The summed E-state index contributed by atoms with van der Waals surface area (Å²) in [6, 6.07) is 7.10. The highest BCUT2D eigenvalue weighted by Crippen LogP contribution is 2.14. The van der Waals surface area contributed by atoms with Crippen molar-refractivity contribution in [3.63, 3.8) is 0 Å². The van der Waals surface area contributed by atoms with Gasteiger partial charge in [-0.2, -0.15) is 0 Å². The molecule has 0 unspecified atom stereocenters. The second-order valence-electron chi connectivity index (χ2n) is 4.32. The maximum absolute atomic E-state index is 11.1. The Kier molecular flexibility index (Phi) is 3.75. The number of aryl methyl sites for hydroxylation is 2. The van der Waals surface area contributed by atoms with E-state index in [2.05, 4.69) is 15.3 Å². The molecule has 0 saturated heterocycles. The summed E-state index contributed by atoms with van der Waals surface area (Å²) < 4.78 is 0. The first-order chi connectivity index (χ1) is 9.06. The number of hydrogen-bond donors (Lipinski definition) is 2. The Hall–Kier alpha value is -2.43. The van der Waals surface area contributed by atoms with Gasteiger partial charge in [0.15, 0.2) is 0 Å². The Bertz CT molecular complexity index is 594. The van der Waals surface area contributed by atoms with E-state index >= 15 is 0 Å².